The fraction of sp³-hybridized carbons (Fsp3) is 0.679. The van der Waals surface area contributed by atoms with Gasteiger partial charge in [0.1, 0.15) is 0 Å². The standard InChI is InChI=1S/C56H90N2/c1-5-9-12-14-15-16-17-18-19-20-21-22-23-24-25-26-27-28-29-30-31-32-33-34-37-43-53-54(42-35-11-7-3)56(52-41-38-40-50(48-52)39-36-13-10-6-2)58(57)55(53)51-46-44-49(8-4)45-47-51/h37-38,40-41,43-48H,5-36,39,42H2,1-4H3. The van der Waals surface area contributed by atoms with Crippen LogP contribution < -0.4 is 0 Å². The van der Waals surface area contributed by atoms with E-state index in [-0.39, 0.29) is 0 Å². The molecule has 0 fully saturated rings. The summed E-state index contributed by atoms with van der Waals surface area (Å²) in [5, 5.41) is 0. The molecule has 0 spiro atoms. The SMILES string of the molecule is CCCCCCCCCCCCCCCCCCCCCCCCCC=CC1=C(c2ccc(CC)cc2)[N+](=[N-])C(c2cccc(CCCCCC)c2)=C1CCCCC. The third-order valence-corrected chi connectivity index (χ3v) is 12.7. The van der Waals surface area contributed by atoms with Crippen molar-refractivity contribution in [2.75, 3.05) is 0 Å². The number of hydrogen-bond donors (Lipinski definition) is 0. The zero-order valence-corrected chi connectivity index (χ0v) is 38.7. The molecule has 1 aliphatic rings. The summed E-state index contributed by atoms with van der Waals surface area (Å²) in [6, 6.07) is 17.9. The van der Waals surface area contributed by atoms with Crippen molar-refractivity contribution in [1.29, 1.82) is 0 Å². The summed E-state index contributed by atoms with van der Waals surface area (Å²) in [5.74, 6) is 0. The summed E-state index contributed by atoms with van der Waals surface area (Å²) in [6.07, 6.45) is 50.4. The molecule has 0 aliphatic carbocycles. The number of allylic oxidation sites excluding steroid dienone is 4. The summed E-state index contributed by atoms with van der Waals surface area (Å²) >= 11 is 0. The smallest absolute Gasteiger partial charge is 0.215 e. The monoisotopic (exact) mass is 791 g/mol. The van der Waals surface area contributed by atoms with Gasteiger partial charge in [-0.2, -0.15) is 0 Å². The van der Waals surface area contributed by atoms with Gasteiger partial charge in [-0.15, -0.1) is 0 Å². The first-order valence-electron chi connectivity index (χ1n) is 25.5. The van der Waals surface area contributed by atoms with E-state index >= 15 is 0 Å². The minimum atomic E-state index is 0.943. The quantitative estimate of drug-likeness (QED) is 0.0481. The predicted octanol–water partition coefficient (Wildman–Crippen LogP) is 19.1. The lowest BCUT2D eigenvalue weighted by molar-refractivity contribution is -0.345. The molecule has 1 aliphatic heterocycles. The minimum absolute atomic E-state index is 0.943. The minimum Gasteiger partial charge on any atom is -0.493 e. The van der Waals surface area contributed by atoms with E-state index in [9.17, 15) is 5.53 Å². The van der Waals surface area contributed by atoms with E-state index in [2.05, 4.69) is 88.4 Å². The molecule has 0 bridgehead atoms. The molecule has 1 heterocycles. The molecule has 0 N–H and O–H groups in total. The van der Waals surface area contributed by atoms with E-state index in [1.165, 1.54) is 213 Å². The van der Waals surface area contributed by atoms with Crippen LogP contribution in [-0.2, 0) is 12.8 Å². The van der Waals surface area contributed by atoms with E-state index in [1.807, 2.05) is 0 Å². The van der Waals surface area contributed by atoms with E-state index in [1.54, 1.807) is 0 Å². The van der Waals surface area contributed by atoms with Crippen molar-refractivity contribution in [3.63, 3.8) is 0 Å². The van der Waals surface area contributed by atoms with Crippen molar-refractivity contribution < 1.29 is 4.70 Å². The van der Waals surface area contributed by atoms with Gasteiger partial charge in [-0.05, 0) is 80.3 Å². The van der Waals surface area contributed by atoms with Crippen LogP contribution in [0.2, 0.25) is 0 Å². The van der Waals surface area contributed by atoms with Crippen LogP contribution in [0.3, 0.4) is 0 Å². The Bertz CT molecular complexity index is 1440. The predicted molar refractivity (Wildman–Crippen MR) is 257 cm³/mol. The molecule has 0 aromatic heterocycles. The van der Waals surface area contributed by atoms with E-state index < -0.39 is 0 Å². The Morgan fingerprint density at radius 3 is 1.38 bits per heavy atom. The normalized spacial score (nSPS) is 13.3. The lowest BCUT2D eigenvalue weighted by Crippen LogP contribution is -2.03. The van der Waals surface area contributed by atoms with Crippen molar-refractivity contribution in [3.8, 4) is 0 Å². The van der Waals surface area contributed by atoms with Crippen molar-refractivity contribution >= 4 is 11.4 Å². The second-order valence-corrected chi connectivity index (χ2v) is 17.9. The van der Waals surface area contributed by atoms with Crippen LogP contribution in [0, 0.1) is 0 Å². The Kier molecular flexibility index (Phi) is 28.3. The molecule has 0 unspecified atom stereocenters. The second kappa shape index (κ2) is 33.0. The van der Waals surface area contributed by atoms with Gasteiger partial charge in [-0.1, -0.05) is 237 Å². The molecule has 2 aromatic rings. The summed E-state index contributed by atoms with van der Waals surface area (Å²) in [5.41, 5.74) is 21.5. The van der Waals surface area contributed by atoms with E-state index in [0.29, 0.717) is 0 Å². The second-order valence-electron chi connectivity index (χ2n) is 17.9. The Morgan fingerprint density at radius 2 is 0.879 bits per heavy atom. The highest BCUT2D eigenvalue weighted by atomic mass is 15.2. The maximum absolute atomic E-state index is 12.1. The Balaban J connectivity index is 1.41. The molecule has 3 rings (SSSR count). The van der Waals surface area contributed by atoms with E-state index in [0.717, 1.165) is 54.6 Å². The highest BCUT2D eigenvalue weighted by molar-refractivity contribution is 5.84. The van der Waals surface area contributed by atoms with Crippen molar-refractivity contribution in [3.05, 3.63) is 99.6 Å². The molecule has 58 heavy (non-hydrogen) atoms. The van der Waals surface area contributed by atoms with Crippen LogP contribution in [0.5, 0.6) is 0 Å². The molecular weight excluding hydrogens is 701 g/mol. The van der Waals surface area contributed by atoms with Crippen LogP contribution in [-0.4, -0.2) is 4.70 Å². The molecular formula is C56H90N2. The molecule has 2 heteroatoms. The molecule has 2 nitrogen and oxygen atoms in total. The van der Waals surface area contributed by atoms with Gasteiger partial charge in [0.2, 0.25) is 11.4 Å². The first kappa shape index (κ1) is 49.6. The molecule has 0 amide bonds. The van der Waals surface area contributed by atoms with Gasteiger partial charge in [0, 0.05) is 16.7 Å². The molecule has 2 aromatic carbocycles. The molecule has 0 radical (unpaired) electrons. The van der Waals surface area contributed by atoms with Gasteiger partial charge < -0.3 is 5.53 Å². The molecule has 0 saturated carbocycles. The van der Waals surface area contributed by atoms with Crippen LogP contribution in [0.1, 0.15) is 255 Å². The maximum atomic E-state index is 12.1. The number of benzene rings is 2. The molecule has 0 saturated heterocycles. The van der Waals surface area contributed by atoms with Crippen molar-refractivity contribution in [2.24, 2.45) is 0 Å². The van der Waals surface area contributed by atoms with Crippen LogP contribution in [0.15, 0.2) is 71.8 Å². The highest BCUT2D eigenvalue weighted by Gasteiger charge is 2.34. The first-order chi connectivity index (χ1) is 28.6. The number of aryl methyl sites for hydroxylation is 2. The number of unbranched alkanes of at least 4 members (excludes halogenated alkanes) is 28. The Morgan fingerprint density at radius 1 is 0.431 bits per heavy atom. The van der Waals surface area contributed by atoms with Gasteiger partial charge >= 0.3 is 0 Å². The number of nitrogens with zero attached hydrogens (tertiary/aromatic N) is 2. The Labute approximate surface area is 360 Å². The van der Waals surface area contributed by atoms with Gasteiger partial charge in [0.15, 0.2) is 0 Å². The number of rotatable bonds is 37. The zero-order chi connectivity index (χ0) is 41.3. The lowest BCUT2D eigenvalue weighted by atomic mass is 9.93. The fourth-order valence-corrected chi connectivity index (χ4v) is 8.96. The van der Waals surface area contributed by atoms with Crippen LogP contribution >= 0.6 is 0 Å². The third-order valence-electron chi connectivity index (χ3n) is 12.7. The first-order valence-corrected chi connectivity index (χ1v) is 25.5. The average molecular weight is 791 g/mol. The van der Waals surface area contributed by atoms with E-state index in [4.69, 9.17) is 0 Å². The van der Waals surface area contributed by atoms with Crippen LogP contribution in [0.25, 0.3) is 16.9 Å². The van der Waals surface area contributed by atoms with Gasteiger partial charge in [0.25, 0.3) is 0 Å². The van der Waals surface area contributed by atoms with Gasteiger partial charge in [-0.25, -0.2) is 4.70 Å². The van der Waals surface area contributed by atoms with Gasteiger partial charge in [0.05, 0.1) is 5.57 Å². The maximum Gasteiger partial charge on any atom is 0.215 e. The Hall–Kier alpha value is -2.74. The zero-order valence-electron chi connectivity index (χ0n) is 38.7. The van der Waals surface area contributed by atoms with Crippen LogP contribution in [0.4, 0.5) is 0 Å². The fourth-order valence-electron chi connectivity index (χ4n) is 8.96. The summed E-state index contributed by atoms with van der Waals surface area (Å²) in [7, 11) is 0. The van der Waals surface area contributed by atoms with Crippen molar-refractivity contribution in [1.82, 2.24) is 0 Å². The largest absolute Gasteiger partial charge is 0.493 e. The third kappa shape index (κ3) is 20.0. The summed E-state index contributed by atoms with van der Waals surface area (Å²) in [4.78, 5) is 0. The average Bonchev–Trinajstić information content (AvgIpc) is 3.52. The lowest BCUT2D eigenvalue weighted by Gasteiger charge is -2.11. The molecule has 324 valence electrons. The highest BCUT2D eigenvalue weighted by Crippen LogP contribution is 2.43. The summed E-state index contributed by atoms with van der Waals surface area (Å²) in [6.45, 7) is 9.07. The van der Waals surface area contributed by atoms with Crippen molar-refractivity contribution in [2.45, 2.75) is 246 Å². The topological polar surface area (TPSA) is 25.3 Å². The number of hydrogen-bond acceptors (Lipinski definition) is 0. The summed E-state index contributed by atoms with van der Waals surface area (Å²) < 4.78 is 1.54. The van der Waals surface area contributed by atoms with Gasteiger partial charge in [-0.3, -0.25) is 0 Å². The molecule has 0 atom stereocenters.